The zero-order chi connectivity index (χ0) is 13.0. The van der Waals surface area contributed by atoms with Crippen molar-refractivity contribution < 1.29 is 4.79 Å². The van der Waals surface area contributed by atoms with Crippen LogP contribution in [0.15, 0.2) is 22.8 Å². The second-order valence-corrected chi connectivity index (χ2v) is 5.05. The van der Waals surface area contributed by atoms with Gasteiger partial charge in [0, 0.05) is 36.8 Å². The molecule has 0 aromatic carbocycles. The highest BCUT2D eigenvalue weighted by atomic mass is 79.9. The molecule has 0 atom stereocenters. The summed E-state index contributed by atoms with van der Waals surface area (Å²) in [5, 5.41) is 0. The lowest BCUT2D eigenvalue weighted by Gasteiger charge is -2.33. The van der Waals surface area contributed by atoms with E-state index in [-0.39, 0.29) is 5.91 Å². The molecule has 0 spiro atoms. The Morgan fingerprint density at radius 2 is 2.11 bits per heavy atom. The summed E-state index contributed by atoms with van der Waals surface area (Å²) in [7, 11) is 0. The van der Waals surface area contributed by atoms with E-state index in [0.29, 0.717) is 25.3 Å². The summed E-state index contributed by atoms with van der Waals surface area (Å²) in [4.78, 5) is 20.3. The smallest absolute Gasteiger partial charge is 0.272 e. The van der Waals surface area contributed by atoms with E-state index in [1.807, 2.05) is 11.0 Å². The number of terminal acetylenes is 1. The van der Waals surface area contributed by atoms with Gasteiger partial charge in [-0.3, -0.25) is 9.69 Å². The van der Waals surface area contributed by atoms with Gasteiger partial charge in [-0.1, -0.05) is 5.92 Å². The molecule has 4 nitrogen and oxygen atoms in total. The minimum Gasteiger partial charge on any atom is -0.335 e. The van der Waals surface area contributed by atoms with Crippen molar-refractivity contribution in [1.29, 1.82) is 0 Å². The van der Waals surface area contributed by atoms with Gasteiger partial charge in [-0.15, -0.1) is 6.42 Å². The molecule has 1 amide bonds. The van der Waals surface area contributed by atoms with Crippen LogP contribution >= 0.6 is 15.9 Å². The summed E-state index contributed by atoms with van der Waals surface area (Å²) in [6.45, 7) is 3.72. The van der Waals surface area contributed by atoms with Crippen LogP contribution in [-0.2, 0) is 0 Å². The highest BCUT2D eigenvalue weighted by Crippen LogP contribution is 2.10. The molecule has 0 radical (unpaired) electrons. The van der Waals surface area contributed by atoms with E-state index in [0.717, 1.165) is 17.6 Å². The summed E-state index contributed by atoms with van der Waals surface area (Å²) in [5.74, 6) is 2.61. The first-order chi connectivity index (χ1) is 8.70. The maximum Gasteiger partial charge on any atom is 0.272 e. The van der Waals surface area contributed by atoms with Crippen LogP contribution in [0.3, 0.4) is 0 Å². The molecule has 0 saturated carbocycles. The molecule has 94 valence electrons. The molecule has 1 aromatic heterocycles. The Morgan fingerprint density at radius 3 is 2.67 bits per heavy atom. The van der Waals surface area contributed by atoms with Crippen LogP contribution in [0.5, 0.6) is 0 Å². The topological polar surface area (TPSA) is 36.4 Å². The molecule has 0 aliphatic carbocycles. The van der Waals surface area contributed by atoms with Crippen molar-refractivity contribution >= 4 is 21.8 Å². The van der Waals surface area contributed by atoms with E-state index in [1.165, 1.54) is 0 Å². The Morgan fingerprint density at radius 1 is 1.39 bits per heavy atom. The number of halogens is 1. The molecule has 0 unspecified atom stereocenters. The third-order valence-corrected chi connectivity index (χ3v) is 3.39. The SMILES string of the molecule is C#CCN1CCN(C(=O)c2ccc(Br)cn2)CC1. The first-order valence-corrected chi connectivity index (χ1v) is 6.56. The Kier molecular flexibility index (Phi) is 4.34. The first-order valence-electron chi connectivity index (χ1n) is 5.77. The largest absolute Gasteiger partial charge is 0.335 e. The molecule has 0 N–H and O–H groups in total. The minimum atomic E-state index is -0.0112. The Bertz CT molecular complexity index is 458. The van der Waals surface area contributed by atoms with E-state index in [1.54, 1.807) is 12.3 Å². The van der Waals surface area contributed by atoms with Crippen molar-refractivity contribution in [2.24, 2.45) is 0 Å². The minimum absolute atomic E-state index is 0.0112. The second-order valence-electron chi connectivity index (χ2n) is 4.13. The summed E-state index contributed by atoms with van der Waals surface area (Å²) in [5.41, 5.74) is 0.489. The molecule has 2 heterocycles. The van der Waals surface area contributed by atoms with Gasteiger partial charge in [0.2, 0.25) is 0 Å². The lowest BCUT2D eigenvalue weighted by molar-refractivity contribution is 0.0646. The quantitative estimate of drug-likeness (QED) is 0.771. The number of hydrogen-bond acceptors (Lipinski definition) is 3. The third kappa shape index (κ3) is 3.09. The average molecular weight is 308 g/mol. The Labute approximate surface area is 115 Å². The van der Waals surface area contributed by atoms with Gasteiger partial charge >= 0.3 is 0 Å². The number of rotatable bonds is 2. The monoisotopic (exact) mass is 307 g/mol. The molecule has 1 aromatic rings. The molecule has 18 heavy (non-hydrogen) atoms. The van der Waals surface area contributed by atoms with Crippen LogP contribution < -0.4 is 0 Å². The van der Waals surface area contributed by atoms with Crippen LogP contribution in [0.1, 0.15) is 10.5 Å². The van der Waals surface area contributed by atoms with Gasteiger partial charge in [0.15, 0.2) is 0 Å². The van der Waals surface area contributed by atoms with Gasteiger partial charge in [0.1, 0.15) is 5.69 Å². The molecule has 1 fully saturated rings. The Balaban J connectivity index is 1.95. The van der Waals surface area contributed by atoms with Gasteiger partial charge in [0.05, 0.1) is 6.54 Å². The maximum absolute atomic E-state index is 12.2. The standard InChI is InChI=1S/C13H14BrN3O/c1-2-5-16-6-8-17(9-7-16)13(18)12-4-3-11(14)10-15-12/h1,3-4,10H,5-9H2. The number of pyridine rings is 1. The molecule has 5 heteroatoms. The predicted molar refractivity (Wildman–Crippen MR) is 73.1 cm³/mol. The van der Waals surface area contributed by atoms with Crippen molar-refractivity contribution in [3.8, 4) is 12.3 Å². The first kappa shape index (κ1) is 13.1. The van der Waals surface area contributed by atoms with Gasteiger partial charge in [-0.25, -0.2) is 4.98 Å². The molecule has 2 rings (SSSR count). The zero-order valence-corrected chi connectivity index (χ0v) is 11.6. The summed E-state index contributed by atoms with van der Waals surface area (Å²) < 4.78 is 0.873. The van der Waals surface area contributed by atoms with E-state index in [2.05, 4.69) is 31.7 Å². The lowest BCUT2D eigenvalue weighted by Crippen LogP contribution is -2.48. The van der Waals surface area contributed by atoms with Crippen LogP contribution in [0.25, 0.3) is 0 Å². The van der Waals surface area contributed by atoms with E-state index >= 15 is 0 Å². The van der Waals surface area contributed by atoms with Gasteiger partial charge in [0.25, 0.3) is 5.91 Å². The third-order valence-electron chi connectivity index (χ3n) is 2.92. The lowest BCUT2D eigenvalue weighted by atomic mass is 10.2. The average Bonchev–Trinajstić information content (AvgIpc) is 2.40. The van der Waals surface area contributed by atoms with Gasteiger partial charge in [-0.05, 0) is 28.1 Å². The van der Waals surface area contributed by atoms with Crippen molar-refractivity contribution in [3.63, 3.8) is 0 Å². The number of carbonyl (C=O) groups excluding carboxylic acids is 1. The van der Waals surface area contributed by atoms with Crippen LogP contribution in [0.2, 0.25) is 0 Å². The maximum atomic E-state index is 12.2. The number of nitrogens with zero attached hydrogens (tertiary/aromatic N) is 3. The van der Waals surface area contributed by atoms with Crippen molar-refractivity contribution in [2.45, 2.75) is 0 Å². The fraction of sp³-hybridized carbons (Fsp3) is 0.385. The molecule has 1 aliphatic rings. The Hall–Kier alpha value is -1.38. The summed E-state index contributed by atoms with van der Waals surface area (Å²) in [6.07, 6.45) is 6.91. The van der Waals surface area contributed by atoms with Crippen molar-refractivity contribution in [2.75, 3.05) is 32.7 Å². The molecule has 0 bridgehead atoms. The van der Waals surface area contributed by atoms with Crippen molar-refractivity contribution in [1.82, 2.24) is 14.8 Å². The zero-order valence-electron chi connectivity index (χ0n) is 9.97. The molecule has 1 saturated heterocycles. The molecule has 1 aliphatic heterocycles. The highest BCUT2D eigenvalue weighted by molar-refractivity contribution is 9.10. The van der Waals surface area contributed by atoms with Crippen LogP contribution in [0, 0.1) is 12.3 Å². The number of aromatic nitrogens is 1. The highest BCUT2D eigenvalue weighted by Gasteiger charge is 2.22. The van der Waals surface area contributed by atoms with Crippen LogP contribution in [-0.4, -0.2) is 53.4 Å². The second kappa shape index (κ2) is 5.98. The van der Waals surface area contributed by atoms with Gasteiger partial charge in [-0.2, -0.15) is 0 Å². The molecular formula is C13H14BrN3O. The number of piperazine rings is 1. The number of carbonyl (C=O) groups is 1. The van der Waals surface area contributed by atoms with E-state index < -0.39 is 0 Å². The number of amides is 1. The summed E-state index contributed by atoms with van der Waals surface area (Å²) in [6, 6.07) is 3.56. The normalized spacial score (nSPS) is 16.3. The van der Waals surface area contributed by atoms with E-state index in [9.17, 15) is 4.79 Å². The van der Waals surface area contributed by atoms with Gasteiger partial charge < -0.3 is 4.90 Å². The predicted octanol–water partition coefficient (Wildman–Crippen LogP) is 1.24. The fourth-order valence-electron chi connectivity index (χ4n) is 1.90. The summed E-state index contributed by atoms with van der Waals surface area (Å²) >= 11 is 3.30. The number of hydrogen-bond donors (Lipinski definition) is 0. The fourth-order valence-corrected chi connectivity index (χ4v) is 2.14. The van der Waals surface area contributed by atoms with Crippen LogP contribution in [0.4, 0.5) is 0 Å². The van der Waals surface area contributed by atoms with Crippen molar-refractivity contribution in [3.05, 3.63) is 28.5 Å². The molecular weight excluding hydrogens is 294 g/mol. The van der Waals surface area contributed by atoms with E-state index in [4.69, 9.17) is 6.42 Å².